The van der Waals surface area contributed by atoms with Gasteiger partial charge in [0.2, 0.25) is 17.7 Å². The fourth-order valence-corrected chi connectivity index (χ4v) is 4.13. The summed E-state index contributed by atoms with van der Waals surface area (Å²) in [5, 5.41) is 46.9. The third kappa shape index (κ3) is 9.01. The Labute approximate surface area is 259 Å². The van der Waals surface area contributed by atoms with Crippen molar-refractivity contribution in [1.82, 2.24) is 25.1 Å². The van der Waals surface area contributed by atoms with Crippen LogP contribution in [0.15, 0.2) is 47.1 Å². The highest BCUT2D eigenvalue weighted by Crippen LogP contribution is 2.35. The number of hydrogen-bond acceptors (Lipinski definition) is 14. The highest BCUT2D eigenvalue weighted by atomic mass is 16.6. The summed E-state index contributed by atoms with van der Waals surface area (Å²) in [5.74, 6) is 0.409. The van der Waals surface area contributed by atoms with Gasteiger partial charge in [-0.25, -0.2) is 4.68 Å². The maximum absolute atomic E-state index is 11.7. The Bertz CT molecular complexity index is 1580. The number of anilines is 3. The van der Waals surface area contributed by atoms with Crippen molar-refractivity contribution in [2.24, 2.45) is 10.2 Å². The minimum Gasteiger partial charge on any atom is -0.383 e. The van der Waals surface area contributed by atoms with Crippen molar-refractivity contribution in [3.63, 3.8) is 0 Å². The average Bonchev–Trinajstić information content (AvgIpc) is 3.33. The Morgan fingerprint density at radius 2 is 1.80 bits per heavy atom. The Balaban J connectivity index is 2.13. The van der Waals surface area contributed by atoms with Crippen molar-refractivity contribution in [2.75, 3.05) is 56.5 Å². The van der Waals surface area contributed by atoms with Gasteiger partial charge in [0.25, 0.3) is 5.69 Å². The first-order chi connectivity index (χ1) is 21.6. The number of nitrogens with zero attached hydrogens (tertiary/aromatic N) is 8. The molecule has 2 atom stereocenters. The van der Waals surface area contributed by atoms with Crippen LogP contribution in [0.5, 0.6) is 0 Å². The first-order valence-electron chi connectivity index (χ1n) is 13.9. The summed E-state index contributed by atoms with van der Waals surface area (Å²) >= 11 is 0. The summed E-state index contributed by atoms with van der Waals surface area (Å²) in [6.45, 7) is 10.1. The number of carbonyl (C=O) groups excluding carboxylic acids is 1. The molecule has 0 spiro atoms. The number of benzene rings is 1. The molecule has 0 radical (unpaired) electrons. The second-order valence-electron chi connectivity index (χ2n) is 9.77. The van der Waals surface area contributed by atoms with Crippen LogP contribution in [0.4, 0.5) is 34.8 Å². The number of aromatic nitrogens is 4. The fraction of sp³-hybridized carbons (Fsp3) is 0.393. The minimum atomic E-state index is -0.529. The summed E-state index contributed by atoms with van der Waals surface area (Å²) in [6.07, 6.45) is 1.17. The van der Waals surface area contributed by atoms with Crippen LogP contribution in [0, 0.1) is 28.4 Å². The molecule has 0 fully saturated rings. The molecule has 2 heterocycles. The number of nitro benzene ring substituents is 1. The number of nitrogens with one attached hydrogen (secondary N) is 4. The molecule has 17 nitrogen and oxygen atoms in total. The molecule has 3 aromatic rings. The summed E-state index contributed by atoms with van der Waals surface area (Å²) in [4.78, 5) is 32.0. The minimum absolute atomic E-state index is 0.0656. The molecule has 4 N–H and O–H groups in total. The molecule has 17 heteroatoms. The summed E-state index contributed by atoms with van der Waals surface area (Å²) in [5.41, 5.74) is 0.575. The van der Waals surface area contributed by atoms with Gasteiger partial charge in [-0.2, -0.15) is 15.2 Å². The SMILES string of the molecule is C=CC(=O)NCCNc1nc(NC(C)COC)nc(NC(C)COC)c1N=Nc1nn(-c2ccccc2[N+](=O)[O-])c(C)c1C#N. The van der Waals surface area contributed by atoms with Crippen LogP contribution in [-0.4, -0.2) is 83.2 Å². The van der Waals surface area contributed by atoms with E-state index in [2.05, 4.69) is 59.2 Å². The summed E-state index contributed by atoms with van der Waals surface area (Å²) in [6, 6.07) is 7.75. The standard InChI is InChI=1S/C28H36N12O5/c1-7-23(41)30-12-13-31-26-24(27(32-17(2)15-44-5)35-28(34-26)33-18(3)16-45-6)36-37-25-20(14-29)19(4)39(38-25)21-10-8-9-11-22(21)40(42)43/h7-11,17-18H,1,12-13,15-16H2,2-6H3,(H,30,41)(H3,31,32,33,34,35). The van der Waals surface area contributed by atoms with Gasteiger partial charge in [0.15, 0.2) is 17.3 Å². The first-order valence-corrected chi connectivity index (χ1v) is 13.9. The predicted octanol–water partition coefficient (Wildman–Crippen LogP) is 3.77. The lowest BCUT2D eigenvalue weighted by molar-refractivity contribution is -0.384. The van der Waals surface area contributed by atoms with Gasteiger partial charge < -0.3 is 30.7 Å². The smallest absolute Gasteiger partial charge is 0.294 e. The van der Waals surface area contributed by atoms with Crippen molar-refractivity contribution < 1.29 is 19.2 Å². The highest BCUT2D eigenvalue weighted by molar-refractivity contribution is 5.86. The number of ether oxygens (including phenoxy) is 2. The Hall–Kier alpha value is -5.47. The number of amides is 1. The van der Waals surface area contributed by atoms with E-state index >= 15 is 0 Å². The highest BCUT2D eigenvalue weighted by Gasteiger charge is 2.23. The van der Waals surface area contributed by atoms with Crippen LogP contribution >= 0.6 is 0 Å². The molecular formula is C28H36N12O5. The molecule has 0 aliphatic heterocycles. The topological polar surface area (TPSA) is 219 Å². The monoisotopic (exact) mass is 620 g/mol. The molecule has 0 bridgehead atoms. The maximum Gasteiger partial charge on any atom is 0.294 e. The normalized spacial score (nSPS) is 12.3. The van der Waals surface area contributed by atoms with Gasteiger partial charge in [-0.15, -0.1) is 15.3 Å². The fourth-order valence-electron chi connectivity index (χ4n) is 4.13. The zero-order chi connectivity index (χ0) is 32.9. The van der Waals surface area contributed by atoms with Crippen LogP contribution < -0.4 is 21.3 Å². The summed E-state index contributed by atoms with van der Waals surface area (Å²) in [7, 11) is 3.16. The molecule has 0 aliphatic rings. The lowest BCUT2D eigenvalue weighted by Gasteiger charge is -2.19. The zero-order valence-corrected chi connectivity index (χ0v) is 25.7. The Morgan fingerprint density at radius 3 is 2.44 bits per heavy atom. The zero-order valence-electron chi connectivity index (χ0n) is 25.7. The second-order valence-corrected chi connectivity index (χ2v) is 9.77. The number of rotatable bonds is 17. The molecule has 0 aliphatic carbocycles. The van der Waals surface area contributed by atoms with E-state index in [9.17, 15) is 20.2 Å². The van der Waals surface area contributed by atoms with Crippen LogP contribution in [0.1, 0.15) is 25.1 Å². The van der Waals surface area contributed by atoms with E-state index in [0.29, 0.717) is 18.9 Å². The number of azo groups is 1. The van der Waals surface area contributed by atoms with E-state index in [1.807, 2.05) is 13.8 Å². The van der Waals surface area contributed by atoms with Gasteiger partial charge in [-0.1, -0.05) is 18.7 Å². The van der Waals surface area contributed by atoms with Crippen molar-refractivity contribution >= 4 is 40.7 Å². The maximum atomic E-state index is 11.7. The van der Waals surface area contributed by atoms with Gasteiger partial charge in [0.1, 0.15) is 17.3 Å². The number of nitriles is 1. The molecule has 1 aromatic carbocycles. The van der Waals surface area contributed by atoms with Crippen LogP contribution in [0.25, 0.3) is 5.69 Å². The van der Waals surface area contributed by atoms with E-state index < -0.39 is 4.92 Å². The molecular weight excluding hydrogens is 584 g/mol. The summed E-state index contributed by atoms with van der Waals surface area (Å²) < 4.78 is 11.8. The van der Waals surface area contributed by atoms with Crippen LogP contribution in [-0.2, 0) is 14.3 Å². The second kappa shape index (κ2) is 16.4. The van der Waals surface area contributed by atoms with E-state index in [1.54, 1.807) is 27.2 Å². The predicted molar refractivity (Wildman–Crippen MR) is 167 cm³/mol. The van der Waals surface area contributed by atoms with E-state index in [0.717, 1.165) is 0 Å². The van der Waals surface area contributed by atoms with E-state index in [1.165, 1.54) is 29.0 Å². The molecule has 2 unspecified atom stereocenters. The van der Waals surface area contributed by atoms with Gasteiger partial charge >= 0.3 is 0 Å². The third-order valence-corrected chi connectivity index (χ3v) is 6.14. The quantitative estimate of drug-likeness (QED) is 0.0557. The van der Waals surface area contributed by atoms with Crippen LogP contribution in [0.2, 0.25) is 0 Å². The van der Waals surface area contributed by atoms with Crippen molar-refractivity contribution in [3.05, 3.63) is 58.3 Å². The first kappa shape index (κ1) is 34.0. The van der Waals surface area contributed by atoms with Crippen LogP contribution in [0.3, 0.4) is 0 Å². The number of carbonyl (C=O) groups is 1. The van der Waals surface area contributed by atoms with Gasteiger partial charge in [-0.3, -0.25) is 14.9 Å². The van der Waals surface area contributed by atoms with Gasteiger partial charge in [0.05, 0.1) is 23.8 Å². The molecule has 2 aromatic heterocycles. The molecule has 1 amide bonds. The lowest BCUT2D eigenvalue weighted by Crippen LogP contribution is -2.28. The number of hydrogen-bond donors (Lipinski definition) is 4. The number of nitro groups is 1. The van der Waals surface area contributed by atoms with Crippen molar-refractivity contribution in [1.29, 1.82) is 5.26 Å². The van der Waals surface area contributed by atoms with Crippen molar-refractivity contribution in [3.8, 4) is 11.8 Å². The molecule has 0 saturated heterocycles. The van der Waals surface area contributed by atoms with E-state index in [4.69, 9.17) is 9.47 Å². The Kier molecular flexibility index (Phi) is 12.4. The van der Waals surface area contributed by atoms with Gasteiger partial charge in [-0.05, 0) is 32.9 Å². The molecule has 45 heavy (non-hydrogen) atoms. The molecule has 238 valence electrons. The average molecular weight is 621 g/mol. The Morgan fingerprint density at radius 1 is 1.13 bits per heavy atom. The van der Waals surface area contributed by atoms with E-state index in [-0.39, 0.29) is 77.1 Å². The molecule has 0 saturated carbocycles. The van der Waals surface area contributed by atoms with Crippen molar-refractivity contribution in [2.45, 2.75) is 32.9 Å². The third-order valence-electron chi connectivity index (χ3n) is 6.14. The number of para-hydroxylation sites is 2. The number of methoxy groups -OCH3 is 2. The van der Waals surface area contributed by atoms with Gasteiger partial charge in [0, 0.05) is 45.5 Å². The lowest BCUT2D eigenvalue weighted by atomic mass is 10.2. The largest absolute Gasteiger partial charge is 0.383 e. The molecule has 3 rings (SSSR count).